The predicted molar refractivity (Wildman–Crippen MR) is 67.7 cm³/mol. The van der Waals surface area contributed by atoms with Crippen molar-refractivity contribution in [3.8, 4) is 0 Å². The summed E-state index contributed by atoms with van der Waals surface area (Å²) in [4.78, 5) is 13.9. The van der Waals surface area contributed by atoms with Crippen LogP contribution in [0.5, 0.6) is 0 Å². The number of halogens is 2. The van der Waals surface area contributed by atoms with Crippen molar-refractivity contribution >= 4 is 33.2 Å². The molecule has 90 valence electrons. The van der Waals surface area contributed by atoms with Gasteiger partial charge in [-0.1, -0.05) is 0 Å². The standard InChI is InChI=1S/C12H12BrFN2O/c13-8-5-11-10(6-9(8)14)15-12(17)4-7-2-1-3-16(7)11/h5-7H,1-4H2,(H,15,17). The van der Waals surface area contributed by atoms with E-state index in [1.165, 1.54) is 6.07 Å². The SMILES string of the molecule is O=C1CC2CCCN2c2cc(Br)c(F)cc2N1. The highest BCUT2D eigenvalue weighted by Crippen LogP contribution is 2.38. The van der Waals surface area contributed by atoms with E-state index in [1.54, 1.807) is 6.07 Å². The van der Waals surface area contributed by atoms with Crippen LogP contribution >= 0.6 is 15.9 Å². The highest BCUT2D eigenvalue weighted by Gasteiger charge is 2.32. The van der Waals surface area contributed by atoms with Gasteiger partial charge in [0.05, 0.1) is 15.8 Å². The number of carbonyl (C=O) groups is 1. The van der Waals surface area contributed by atoms with Crippen molar-refractivity contribution < 1.29 is 9.18 Å². The second-order valence-electron chi connectivity index (χ2n) is 4.53. The second-order valence-corrected chi connectivity index (χ2v) is 5.38. The minimum absolute atomic E-state index is 0.0256. The van der Waals surface area contributed by atoms with Crippen molar-refractivity contribution in [1.29, 1.82) is 0 Å². The third kappa shape index (κ3) is 1.82. The molecule has 17 heavy (non-hydrogen) atoms. The fraction of sp³-hybridized carbons (Fsp3) is 0.417. The Hall–Kier alpha value is -1.10. The molecule has 1 saturated heterocycles. The van der Waals surface area contributed by atoms with Crippen LogP contribution in [0.2, 0.25) is 0 Å². The molecule has 0 aromatic heterocycles. The van der Waals surface area contributed by atoms with Gasteiger partial charge in [0, 0.05) is 25.1 Å². The molecule has 1 amide bonds. The Morgan fingerprint density at radius 3 is 3.12 bits per heavy atom. The summed E-state index contributed by atoms with van der Waals surface area (Å²) in [6, 6.07) is 3.40. The summed E-state index contributed by atoms with van der Waals surface area (Å²) in [6.07, 6.45) is 2.61. The molecule has 0 spiro atoms. The summed E-state index contributed by atoms with van der Waals surface area (Å²) in [7, 11) is 0. The van der Waals surface area contributed by atoms with Crippen LogP contribution in [0.25, 0.3) is 0 Å². The molecular weight excluding hydrogens is 287 g/mol. The number of hydrogen-bond donors (Lipinski definition) is 1. The highest BCUT2D eigenvalue weighted by molar-refractivity contribution is 9.10. The number of nitrogens with zero attached hydrogens (tertiary/aromatic N) is 1. The lowest BCUT2D eigenvalue weighted by atomic mass is 10.1. The third-order valence-electron chi connectivity index (χ3n) is 3.42. The number of rotatable bonds is 0. The van der Waals surface area contributed by atoms with E-state index in [0.717, 1.165) is 25.1 Å². The second kappa shape index (κ2) is 3.98. The van der Waals surface area contributed by atoms with E-state index in [2.05, 4.69) is 26.1 Å². The molecule has 1 fully saturated rings. The van der Waals surface area contributed by atoms with Crippen molar-refractivity contribution in [2.45, 2.75) is 25.3 Å². The zero-order valence-corrected chi connectivity index (χ0v) is 10.8. The van der Waals surface area contributed by atoms with Crippen LogP contribution in [0.4, 0.5) is 15.8 Å². The van der Waals surface area contributed by atoms with Gasteiger partial charge in [-0.15, -0.1) is 0 Å². The van der Waals surface area contributed by atoms with Gasteiger partial charge in [0.25, 0.3) is 0 Å². The maximum atomic E-state index is 13.5. The summed E-state index contributed by atoms with van der Waals surface area (Å²) in [5.41, 5.74) is 1.51. The maximum absolute atomic E-state index is 13.5. The molecule has 0 bridgehead atoms. The van der Waals surface area contributed by atoms with Gasteiger partial charge in [-0.3, -0.25) is 4.79 Å². The van der Waals surface area contributed by atoms with Crippen molar-refractivity contribution in [1.82, 2.24) is 0 Å². The fourth-order valence-electron chi connectivity index (χ4n) is 2.65. The Kier molecular flexibility index (Phi) is 2.58. The van der Waals surface area contributed by atoms with E-state index < -0.39 is 0 Å². The molecule has 2 heterocycles. The smallest absolute Gasteiger partial charge is 0.226 e. The first-order valence-electron chi connectivity index (χ1n) is 5.70. The Morgan fingerprint density at radius 1 is 1.47 bits per heavy atom. The van der Waals surface area contributed by atoms with Crippen molar-refractivity contribution in [3.63, 3.8) is 0 Å². The molecular formula is C12H12BrFN2O. The average molecular weight is 299 g/mol. The summed E-state index contributed by atoms with van der Waals surface area (Å²) in [5, 5.41) is 2.78. The van der Waals surface area contributed by atoms with E-state index >= 15 is 0 Å². The lowest BCUT2D eigenvalue weighted by Gasteiger charge is -2.25. The number of nitrogens with one attached hydrogen (secondary N) is 1. The summed E-state index contributed by atoms with van der Waals surface area (Å²) < 4.78 is 13.9. The Morgan fingerprint density at radius 2 is 2.29 bits per heavy atom. The van der Waals surface area contributed by atoms with Crippen molar-refractivity contribution in [2.75, 3.05) is 16.8 Å². The first-order chi connectivity index (χ1) is 8.15. The Bertz CT molecular complexity index is 492. The minimum Gasteiger partial charge on any atom is -0.366 e. The molecule has 2 aliphatic heterocycles. The summed E-state index contributed by atoms with van der Waals surface area (Å²) >= 11 is 3.20. The molecule has 0 saturated carbocycles. The molecule has 1 aromatic rings. The normalized spacial score (nSPS) is 22.8. The Balaban J connectivity index is 2.13. The van der Waals surface area contributed by atoms with Gasteiger partial charge in [0.15, 0.2) is 0 Å². The zero-order valence-electron chi connectivity index (χ0n) is 9.17. The van der Waals surface area contributed by atoms with Crippen LogP contribution in [-0.2, 0) is 4.79 Å². The number of hydrogen-bond acceptors (Lipinski definition) is 2. The average Bonchev–Trinajstić information content (AvgIpc) is 2.66. The van der Waals surface area contributed by atoms with E-state index in [-0.39, 0.29) is 17.8 Å². The molecule has 1 aromatic carbocycles. The lowest BCUT2D eigenvalue weighted by Crippen LogP contribution is -2.29. The molecule has 3 rings (SSSR count). The quantitative estimate of drug-likeness (QED) is 0.799. The highest BCUT2D eigenvalue weighted by atomic mass is 79.9. The third-order valence-corrected chi connectivity index (χ3v) is 4.03. The van der Waals surface area contributed by atoms with Gasteiger partial charge < -0.3 is 10.2 Å². The van der Waals surface area contributed by atoms with E-state index in [0.29, 0.717) is 16.6 Å². The zero-order chi connectivity index (χ0) is 12.0. The number of fused-ring (bicyclic) bond motifs is 3. The fourth-order valence-corrected chi connectivity index (χ4v) is 2.99. The van der Waals surface area contributed by atoms with Crippen LogP contribution in [0.3, 0.4) is 0 Å². The van der Waals surface area contributed by atoms with Crippen LogP contribution < -0.4 is 10.2 Å². The Labute approximate surface area is 107 Å². The number of amides is 1. The molecule has 2 aliphatic rings. The first-order valence-corrected chi connectivity index (χ1v) is 6.50. The minimum atomic E-state index is -0.346. The monoisotopic (exact) mass is 298 g/mol. The summed E-state index contributed by atoms with van der Waals surface area (Å²) in [5.74, 6) is -0.371. The van der Waals surface area contributed by atoms with Crippen molar-refractivity contribution in [3.05, 3.63) is 22.4 Å². The predicted octanol–water partition coefficient (Wildman–Crippen LogP) is 2.90. The largest absolute Gasteiger partial charge is 0.366 e. The van der Waals surface area contributed by atoms with Gasteiger partial charge in [0.1, 0.15) is 5.82 Å². The molecule has 1 N–H and O–H groups in total. The van der Waals surface area contributed by atoms with Crippen LogP contribution in [0, 0.1) is 5.82 Å². The van der Waals surface area contributed by atoms with Crippen molar-refractivity contribution in [2.24, 2.45) is 0 Å². The first kappa shape index (κ1) is 11.0. The molecule has 1 unspecified atom stereocenters. The van der Waals surface area contributed by atoms with Gasteiger partial charge in [-0.05, 0) is 34.8 Å². The molecule has 0 aliphatic carbocycles. The maximum Gasteiger partial charge on any atom is 0.226 e. The van der Waals surface area contributed by atoms with Gasteiger partial charge in [-0.2, -0.15) is 0 Å². The molecule has 0 radical (unpaired) electrons. The van der Waals surface area contributed by atoms with Crippen LogP contribution in [0.1, 0.15) is 19.3 Å². The number of anilines is 2. The van der Waals surface area contributed by atoms with Crippen LogP contribution in [-0.4, -0.2) is 18.5 Å². The topological polar surface area (TPSA) is 32.3 Å². The number of carbonyl (C=O) groups excluding carboxylic acids is 1. The molecule has 5 heteroatoms. The van der Waals surface area contributed by atoms with E-state index in [1.807, 2.05) is 0 Å². The van der Waals surface area contributed by atoms with Crippen LogP contribution in [0.15, 0.2) is 16.6 Å². The summed E-state index contributed by atoms with van der Waals surface area (Å²) in [6.45, 7) is 0.935. The van der Waals surface area contributed by atoms with E-state index in [9.17, 15) is 9.18 Å². The van der Waals surface area contributed by atoms with E-state index in [4.69, 9.17) is 0 Å². The molecule has 3 nitrogen and oxygen atoms in total. The molecule has 1 atom stereocenters. The number of benzene rings is 1. The lowest BCUT2D eigenvalue weighted by molar-refractivity contribution is -0.116. The van der Waals surface area contributed by atoms with Gasteiger partial charge >= 0.3 is 0 Å². The van der Waals surface area contributed by atoms with Gasteiger partial charge in [0.2, 0.25) is 5.91 Å². The van der Waals surface area contributed by atoms with Gasteiger partial charge in [-0.25, -0.2) is 4.39 Å².